The molecule has 129 heavy (non-hydrogen) atoms. The minimum absolute atomic E-state index is 0.0124. The van der Waals surface area contributed by atoms with E-state index < -0.39 is 105 Å². The molecule has 17 nitrogen and oxygen atoms in total. The zero-order valence-electron chi connectivity index (χ0n) is 91.7. The van der Waals surface area contributed by atoms with Gasteiger partial charge in [-0.05, 0) is 215 Å². The number of hydrogen-bond acceptors (Lipinski definition) is 16. The molecule has 1 N–H and O–H groups in total. The lowest BCUT2D eigenvalue weighted by Gasteiger charge is -2.45. The van der Waals surface area contributed by atoms with Crippen molar-refractivity contribution in [3.8, 4) is 0 Å². The first-order valence-corrected chi connectivity index (χ1v) is 75.0. The summed E-state index contributed by atoms with van der Waals surface area (Å²) in [5, 5.41) is 2.19. The molecular weight excluding hydrogens is 1760 g/mol. The Labute approximate surface area is 803 Å². The van der Waals surface area contributed by atoms with Crippen LogP contribution >= 0.6 is 0 Å². The smallest absolute Gasteiger partial charge is 0.458 e. The standard InChI is InChI=1S/C103H201NO16Si9/c1-49-72-108-92(105)70-57-55-53-51-52-54-56-69-90(120-129(47,48)103(28,29)30)80(3)91-79-86(110-94(107)111-91)77-87(117-126(41,42)100(19,20)21)74-84(115-124(37,38)98(13,14)15)66-60-67-85(116-125(39,40)99(16,17)18)76-89(119-128(45,46)102(25,26)27)78-88(118-127(43,44)101(22,23)24)75-83(114-123(35,36)97(10,11)12)65-59-64-81(112-121(31,32)95(4,5)6)62-58-63-82(113-122(33,34)96(7,8)9)68-61-71-104-93(106)109-73-50-2/h49-60,62,65-66,70,80-91H,1-2,61,63-64,67-69,71-79H2,3-48H3,(H,104,106)/b52-51+,55-53+,56-54+,62-58+,65-59+,66-60+,70-57+/t80-,81-,82+,83-,84-,85-,86-,87-,88+,89+,90+,91-/m1/s1. The molecule has 0 bridgehead atoms. The zero-order chi connectivity index (χ0) is 100. The molecule has 0 aromatic carbocycles. The van der Waals surface area contributed by atoms with E-state index in [0.29, 0.717) is 70.8 Å². The topological polar surface area (TPSA) is 183 Å². The molecule has 1 amide bonds. The second-order valence-corrected chi connectivity index (χ2v) is 93.6. The molecule has 1 heterocycles. The second kappa shape index (κ2) is 50.7. The van der Waals surface area contributed by atoms with Crippen LogP contribution in [0.25, 0.3) is 0 Å². The zero-order valence-corrected chi connectivity index (χ0v) is 101. The fourth-order valence-electron chi connectivity index (χ4n) is 12.5. The number of hydrogen-bond donors (Lipinski definition) is 1. The van der Waals surface area contributed by atoms with Crippen LogP contribution in [0.4, 0.5) is 9.59 Å². The maximum absolute atomic E-state index is 14.2. The lowest BCUT2D eigenvalue weighted by Crippen LogP contribution is -2.50. The summed E-state index contributed by atoms with van der Waals surface area (Å²) in [6.45, 7) is 115. The SMILES string of the molecule is C=CCOC(=O)/C=C/C=C/C=C/C=C/C[C@H](O[Si](C)(C)C(C)(C)C)[C@@H](C)[C@H]1C[C@@H](C[C@@H](C[C@@H](/C=C/C[C@H](C[C@@H](C[C@H](C[C@@H](/C=C/C[C@@H](/C=C/C[C@@H](CCCNC(=O)OCC=C)O[Si](C)(C)C(C)(C)C)O[Si](C)(C)C(C)(C)C)O[Si](C)(C)C(C)(C)C)O[Si](C)(C)C(C)(C)C)O[Si](C)(C)C(C)(C)C)O[Si](C)(C)C(C)(C)C)O[Si](C)(C)C(C)(C)C)O[Si](C)(C)C(C)(C)C)OC(=O)O1. The molecule has 0 radical (unpaired) electrons. The van der Waals surface area contributed by atoms with E-state index in [9.17, 15) is 14.4 Å². The molecule has 12 atom stereocenters. The third kappa shape index (κ3) is 43.9. The third-order valence-electron chi connectivity index (χ3n) is 30.3. The van der Waals surface area contributed by atoms with E-state index in [4.69, 9.17) is 58.8 Å². The lowest BCUT2D eigenvalue weighted by atomic mass is 9.89. The van der Waals surface area contributed by atoms with Gasteiger partial charge >= 0.3 is 18.2 Å². The molecule has 0 aromatic rings. The van der Waals surface area contributed by atoms with Crippen molar-refractivity contribution in [2.45, 2.75) is 501 Å². The molecule has 1 fully saturated rings. The first-order chi connectivity index (χ1) is 57.9. The summed E-state index contributed by atoms with van der Waals surface area (Å²) in [6.07, 6.45) is 34.9. The van der Waals surface area contributed by atoms with E-state index in [-0.39, 0.29) is 119 Å². The molecule has 26 heteroatoms. The molecule has 1 saturated heterocycles. The van der Waals surface area contributed by atoms with Crippen LogP contribution in [-0.4, -0.2) is 180 Å². The van der Waals surface area contributed by atoms with Crippen LogP contribution in [0.3, 0.4) is 0 Å². The van der Waals surface area contributed by atoms with Crippen molar-refractivity contribution < 1.29 is 73.2 Å². The number of rotatable bonds is 53. The fraction of sp³-hybridized carbons (Fsp3) is 0.796. The van der Waals surface area contributed by atoms with Gasteiger partial charge in [0.05, 0.1) is 42.7 Å². The van der Waals surface area contributed by atoms with E-state index in [1.54, 1.807) is 18.2 Å². The molecule has 0 aliphatic carbocycles. The van der Waals surface area contributed by atoms with E-state index in [0.717, 1.165) is 12.8 Å². The predicted molar refractivity (Wildman–Crippen MR) is 573 cm³/mol. The van der Waals surface area contributed by atoms with Crippen molar-refractivity contribution in [3.63, 3.8) is 0 Å². The van der Waals surface area contributed by atoms with E-state index in [1.165, 1.54) is 12.2 Å². The molecule has 0 unspecified atom stereocenters. The number of cyclic esters (lactones) is 2. The molecular formula is C103H201NO16Si9. The average Bonchev–Trinajstić information content (AvgIpc) is 0.800. The monoisotopic (exact) mass is 1960 g/mol. The molecule has 0 aromatic heterocycles. The van der Waals surface area contributed by atoms with Gasteiger partial charge in [-0.1, -0.05) is 298 Å². The summed E-state index contributed by atoms with van der Waals surface area (Å²) < 4.78 is 91.7. The number of carbonyl (C=O) groups excluding carboxylic acids is 3. The van der Waals surface area contributed by atoms with Crippen LogP contribution in [0.5, 0.6) is 0 Å². The summed E-state index contributed by atoms with van der Waals surface area (Å²) >= 11 is 0. The van der Waals surface area contributed by atoms with Crippen LogP contribution < -0.4 is 5.32 Å². The van der Waals surface area contributed by atoms with Gasteiger partial charge in [0.25, 0.3) is 0 Å². The minimum atomic E-state index is -2.52. The summed E-state index contributed by atoms with van der Waals surface area (Å²) in [7, 11) is -21.8. The third-order valence-corrected chi connectivity index (χ3v) is 70.9. The summed E-state index contributed by atoms with van der Waals surface area (Å²) in [6, 6.07) is 0. The van der Waals surface area contributed by atoms with Crippen molar-refractivity contribution >= 4 is 93.1 Å². The van der Waals surface area contributed by atoms with Crippen molar-refractivity contribution in [2.75, 3.05) is 19.8 Å². The molecule has 0 spiro atoms. The summed E-state index contributed by atoms with van der Waals surface area (Å²) in [4.78, 5) is 38.6. The van der Waals surface area contributed by atoms with Gasteiger partial charge in [-0.3, -0.25) is 0 Å². The lowest BCUT2D eigenvalue weighted by molar-refractivity contribution is -0.136. The van der Waals surface area contributed by atoms with Crippen LogP contribution in [0, 0.1) is 5.92 Å². The Morgan fingerprint density at radius 3 is 1.13 bits per heavy atom. The molecule has 1 aliphatic rings. The molecule has 0 saturated carbocycles. The first-order valence-electron chi connectivity index (χ1n) is 48.9. The number of allylic oxidation sites excluding steroid dienone is 6. The molecule has 750 valence electrons. The van der Waals surface area contributed by atoms with Gasteiger partial charge in [-0.2, -0.15) is 0 Å². The van der Waals surface area contributed by atoms with Crippen LogP contribution in [-0.2, 0) is 63.6 Å². The van der Waals surface area contributed by atoms with Gasteiger partial charge in [-0.15, -0.1) is 0 Å². The fourth-order valence-corrected chi connectivity index (χ4v) is 24.7. The number of carbonyl (C=O) groups is 3. The highest BCUT2D eigenvalue weighted by Gasteiger charge is 2.51. The minimum Gasteiger partial charge on any atom is -0.458 e. The van der Waals surface area contributed by atoms with Gasteiger partial charge in [0.15, 0.2) is 74.9 Å². The molecule has 1 rings (SSSR count). The van der Waals surface area contributed by atoms with Crippen LogP contribution in [0.1, 0.15) is 271 Å². The Bertz CT molecular complexity index is 3600. The Morgan fingerprint density at radius 2 is 0.705 bits per heavy atom. The van der Waals surface area contributed by atoms with Crippen LogP contribution in [0.15, 0.2) is 110 Å². The van der Waals surface area contributed by atoms with Gasteiger partial charge in [0.1, 0.15) is 25.4 Å². The quantitative estimate of drug-likeness (QED) is 0.0115. The largest absolute Gasteiger partial charge is 0.508 e. The van der Waals surface area contributed by atoms with Crippen molar-refractivity contribution in [2.24, 2.45) is 5.92 Å². The van der Waals surface area contributed by atoms with Crippen molar-refractivity contribution in [1.82, 2.24) is 5.32 Å². The Kier molecular flexibility index (Phi) is 48.9. The number of alkyl carbamates (subject to hydrolysis) is 1. The highest BCUT2D eigenvalue weighted by Crippen LogP contribution is 2.49. The Balaban J connectivity index is 4.54. The van der Waals surface area contributed by atoms with E-state index >= 15 is 0 Å². The number of ether oxygens (including phenoxy) is 4. The number of nitrogens with one attached hydrogen (secondary N) is 1. The number of amides is 1. The maximum Gasteiger partial charge on any atom is 0.508 e. The summed E-state index contributed by atoms with van der Waals surface area (Å²) in [5.41, 5.74) is 0. The van der Waals surface area contributed by atoms with Gasteiger partial charge in [-0.25, -0.2) is 14.4 Å². The second-order valence-electron chi connectivity index (χ2n) is 50.7. The van der Waals surface area contributed by atoms with E-state index in [2.05, 4.69) is 373 Å². The van der Waals surface area contributed by atoms with Gasteiger partial charge in [0, 0.05) is 56.4 Å². The maximum atomic E-state index is 14.2. The highest BCUT2D eigenvalue weighted by molar-refractivity contribution is 6.77. The van der Waals surface area contributed by atoms with Crippen LogP contribution in [0.2, 0.25) is 163 Å². The van der Waals surface area contributed by atoms with E-state index in [1.807, 2.05) is 24.3 Å². The first kappa shape index (κ1) is 124. The Hall–Kier alpha value is -2.74. The highest BCUT2D eigenvalue weighted by atomic mass is 28.4. The molecule has 1 aliphatic heterocycles. The normalized spacial score (nSPS) is 18.9. The van der Waals surface area contributed by atoms with Crippen molar-refractivity contribution in [1.29, 1.82) is 0 Å². The predicted octanol–water partition coefficient (Wildman–Crippen LogP) is 31.3. The average molecular weight is 1960 g/mol. The van der Waals surface area contributed by atoms with Gasteiger partial charge < -0.3 is 64.1 Å². The number of esters is 1. The summed E-state index contributed by atoms with van der Waals surface area (Å²) in [5.74, 6) is -0.610. The van der Waals surface area contributed by atoms with Crippen molar-refractivity contribution in [3.05, 3.63) is 110 Å². The Morgan fingerprint density at radius 1 is 0.380 bits per heavy atom. The van der Waals surface area contributed by atoms with Gasteiger partial charge in [0.2, 0.25) is 0 Å².